The molecule has 0 aromatic rings. The maximum Gasteiger partial charge on any atom is 0.243 e. The lowest BCUT2D eigenvalue weighted by Crippen LogP contribution is -2.49. The summed E-state index contributed by atoms with van der Waals surface area (Å²) in [4.78, 5) is 20.8. The number of guanidine groups is 1. The lowest BCUT2D eigenvalue weighted by Gasteiger charge is -2.33. The first kappa shape index (κ1) is 22.7. The monoisotopic (exact) mass is 492 g/mol. The highest BCUT2D eigenvalue weighted by Gasteiger charge is 2.34. The summed E-state index contributed by atoms with van der Waals surface area (Å²) in [6.45, 7) is 6.46. The lowest BCUT2D eigenvalue weighted by molar-refractivity contribution is -0.127. The number of likely N-dealkylation sites (tertiary alicyclic amines) is 1. The fraction of sp³-hybridized carbons (Fsp3) is 0.900. The first-order valence-corrected chi connectivity index (χ1v) is 10.4. The Balaban J connectivity index is 0.00000261. The van der Waals surface area contributed by atoms with Gasteiger partial charge in [0.2, 0.25) is 5.91 Å². The molecule has 3 rings (SSSR count). The zero-order chi connectivity index (χ0) is 18.5. The Hall–Kier alpha value is -0.570. The van der Waals surface area contributed by atoms with E-state index in [2.05, 4.69) is 17.1 Å². The minimum absolute atomic E-state index is 0. The van der Waals surface area contributed by atoms with Crippen LogP contribution in [-0.4, -0.2) is 74.7 Å². The molecule has 2 heterocycles. The van der Waals surface area contributed by atoms with Crippen LogP contribution >= 0.6 is 24.0 Å². The number of carbonyl (C=O) groups is 1. The summed E-state index contributed by atoms with van der Waals surface area (Å²) in [5, 5.41) is 3.73. The van der Waals surface area contributed by atoms with Gasteiger partial charge in [-0.2, -0.15) is 0 Å². The maximum atomic E-state index is 12.0. The zero-order valence-electron chi connectivity index (χ0n) is 17.2. The van der Waals surface area contributed by atoms with E-state index in [0.29, 0.717) is 23.8 Å². The second-order valence-corrected chi connectivity index (χ2v) is 8.56. The van der Waals surface area contributed by atoms with Crippen molar-refractivity contribution in [2.75, 3.05) is 46.9 Å². The summed E-state index contributed by atoms with van der Waals surface area (Å²) in [5.74, 6) is 3.05. The number of likely N-dealkylation sites (N-methyl/N-ethyl adjacent to an activating group) is 1. The van der Waals surface area contributed by atoms with E-state index in [9.17, 15) is 4.79 Å². The quantitative estimate of drug-likeness (QED) is 0.373. The number of nitrogens with zero attached hydrogens (tertiary/aromatic N) is 3. The molecule has 0 bridgehead atoms. The van der Waals surface area contributed by atoms with Crippen LogP contribution < -0.4 is 5.32 Å². The Kier molecular flexibility index (Phi) is 9.11. The summed E-state index contributed by atoms with van der Waals surface area (Å²) in [6.07, 6.45) is 7.50. The summed E-state index contributed by atoms with van der Waals surface area (Å²) in [5.41, 5.74) is 0. The number of halogens is 1. The molecule has 1 aliphatic carbocycles. The van der Waals surface area contributed by atoms with Crippen molar-refractivity contribution in [3.8, 4) is 0 Å². The molecular formula is C20H37IN4O2. The Bertz CT molecular complexity index is 508. The molecule has 0 aromatic carbocycles. The second kappa shape index (κ2) is 10.8. The van der Waals surface area contributed by atoms with Crippen molar-refractivity contribution in [2.24, 2.45) is 22.7 Å². The van der Waals surface area contributed by atoms with E-state index in [1.54, 1.807) is 19.0 Å². The summed E-state index contributed by atoms with van der Waals surface area (Å²) in [7, 11) is 3.58. The molecular weight excluding hydrogens is 455 g/mol. The summed E-state index contributed by atoms with van der Waals surface area (Å²) < 4.78 is 5.59. The molecule has 0 aromatic heterocycles. The molecule has 3 fully saturated rings. The largest absolute Gasteiger partial charge is 0.381 e. The zero-order valence-corrected chi connectivity index (χ0v) is 19.5. The topological polar surface area (TPSA) is 57.2 Å². The van der Waals surface area contributed by atoms with Gasteiger partial charge in [0.25, 0.3) is 0 Å². The number of rotatable bonds is 4. The second-order valence-electron chi connectivity index (χ2n) is 8.56. The van der Waals surface area contributed by atoms with Crippen LogP contribution in [0.25, 0.3) is 0 Å². The van der Waals surface area contributed by atoms with Crippen LogP contribution in [0.3, 0.4) is 0 Å². The summed E-state index contributed by atoms with van der Waals surface area (Å²) >= 11 is 0. The van der Waals surface area contributed by atoms with Crippen LogP contribution in [0.15, 0.2) is 4.99 Å². The van der Waals surface area contributed by atoms with Crippen LogP contribution in [0, 0.1) is 17.8 Å². The molecule has 0 spiro atoms. The van der Waals surface area contributed by atoms with Crippen molar-refractivity contribution in [1.82, 2.24) is 15.1 Å². The van der Waals surface area contributed by atoms with Crippen LogP contribution in [-0.2, 0) is 9.53 Å². The van der Waals surface area contributed by atoms with Crippen LogP contribution in [0.1, 0.15) is 45.4 Å². The SMILES string of the molecule is CC1CCCCC1NC(=NCC(=O)N(C)C)N1CCC(C2CCOC2)C1.I. The van der Waals surface area contributed by atoms with E-state index in [1.807, 2.05) is 0 Å². The highest BCUT2D eigenvalue weighted by Crippen LogP contribution is 2.30. The average molecular weight is 492 g/mol. The van der Waals surface area contributed by atoms with Crippen molar-refractivity contribution < 1.29 is 9.53 Å². The van der Waals surface area contributed by atoms with Gasteiger partial charge in [-0.05, 0) is 43.4 Å². The van der Waals surface area contributed by atoms with E-state index >= 15 is 0 Å². The van der Waals surface area contributed by atoms with Gasteiger partial charge in [0.15, 0.2) is 5.96 Å². The van der Waals surface area contributed by atoms with E-state index < -0.39 is 0 Å². The number of carbonyl (C=O) groups excluding carboxylic acids is 1. The van der Waals surface area contributed by atoms with Crippen molar-refractivity contribution in [1.29, 1.82) is 0 Å². The molecule has 7 heteroatoms. The molecule has 27 heavy (non-hydrogen) atoms. The predicted molar refractivity (Wildman–Crippen MR) is 120 cm³/mol. The average Bonchev–Trinajstić information content (AvgIpc) is 3.30. The van der Waals surface area contributed by atoms with E-state index in [1.165, 1.54) is 38.5 Å². The number of amides is 1. The Morgan fingerprint density at radius 3 is 2.63 bits per heavy atom. The van der Waals surface area contributed by atoms with E-state index in [-0.39, 0.29) is 36.4 Å². The molecule has 2 saturated heterocycles. The Morgan fingerprint density at radius 1 is 1.19 bits per heavy atom. The van der Waals surface area contributed by atoms with Gasteiger partial charge in [0.05, 0.1) is 0 Å². The first-order valence-electron chi connectivity index (χ1n) is 10.4. The first-order chi connectivity index (χ1) is 12.5. The van der Waals surface area contributed by atoms with Gasteiger partial charge in [-0.25, -0.2) is 4.99 Å². The number of nitrogens with one attached hydrogen (secondary N) is 1. The number of aliphatic imine (C=N–C) groups is 1. The number of hydrogen-bond acceptors (Lipinski definition) is 3. The van der Waals surface area contributed by atoms with Gasteiger partial charge in [-0.15, -0.1) is 24.0 Å². The fourth-order valence-corrected chi connectivity index (χ4v) is 4.51. The van der Waals surface area contributed by atoms with Crippen molar-refractivity contribution in [3.63, 3.8) is 0 Å². The van der Waals surface area contributed by atoms with Gasteiger partial charge < -0.3 is 19.9 Å². The van der Waals surface area contributed by atoms with Gasteiger partial charge in [0, 0.05) is 46.4 Å². The third-order valence-electron chi connectivity index (χ3n) is 6.44. The minimum atomic E-state index is 0. The number of ether oxygens (including phenoxy) is 1. The molecule has 3 aliphatic rings. The molecule has 156 valence electrons. The van der Waals surface area contributed by atoms with Crippen LogP contribution in [0.4, 0.5) is 0 Å². The third kappa shape index (κ3) is 6.21. The molecule has 6 nitrogen and oxygen atoms in total. The van der Waals surface area contributed by atoms with Gasteiger partial charge >= 0.3 is 0 Å². The molecule has 1 amide bonds. The van der Waals surface area contributed by atoms with Gasteiger partial charge in [-0.1, -0.05) is 19.8 Å². The highest BCUT2D eigenvalue weighted by molar-refractivity contribution is 14.0. The highest BCUT2D eigenvalue weighted by atomic mass is 127. The predicted octanol–water partition coefficient (Wildman–Crippen LogP) is 2.58. The molecule has 0 radical (unpaired) electrons. The minimum Gasteiger partial charge on any atom is -0.381 e. The van der Waals surface area contributed by atoms with E-state index in [0.717, 1.165) is 32.3 Å². The third-order valence-corrected chi connectivity index (χ3v) is 6.44. The molecule has 1 saturated carbocycles. The molecule has 1 N–H and O–H groups in total. The normalized spacial score (nSPS) is 31.5. The Labute approximate surface area is 181 Å². The van der Waals surface area contributed by atoms with Crippen molar-refractivity contribution >= 4 is 35.8 Å². The fourth-order valence-electron chi connectivity index (χ4n) is 4.51. The standard InChI is InChI=1S/C20H36N4O2.HI/c1-15-6-4-5-7-18(15)22-20(21-12-19(25)23(2)3)24-10-8-16(13-24)17-9-11-26-14-17;/h15-18H,4-14H2,1-3H3,(H,21,22);1H. The van der Waals surface area contributed by atoms with Crippen LogP contribution in [0.5, 0.6) is 0 Å². The lowest BCUT2D eigenvalue weighted by atomic mass is 9.86. The number of hydrogen-bond donors (Lipinski definition) is 1. The van der Waals surface area contributed by atoms with Gasteiger partial charge in [0.1, 0.15) is 6.54 Å². The molecule has 2 aliphatic heterocycles. The smallest absolute Gasteiger partial charge is 0.243 e. The summed E-state index contributed by atoms with van der Waals surface area (Å²) in [6, 6.07) is 0.478. The maximum absolute atomic E-state index is 12.0. The Morgan fingerprint density at radius 2 is 1.96 bits per heavy atom. The van der Waals surface area contributed by atoms with Gasteiger partial charge in [-0.3, -0.25) is 4.79 Å². The molecule has 4 unspecified atom stereocenters. The van der Waals surface area contributed by atoms with Crippen molar-refractivity contribution in [2.45, 2.75) is 51.5 Å². The van der Waals surface area contributed by atoms with Crippen LogP contribution in [0.2, 0.25) is 0 Å². The molecule has 4 atom stereocenters. The van der Waals surface area contributed by atoms with Crippen molar-refractivity contribution in [3.05, 3.63) is 0 Å². The van der Waals surface area contributed by atoms with E-state index in [4.69, 9.17) is 9.73 Å².